The molecule has 9 nitrogen and oxygen atoms in total. The van der Waals surface area contributed by atoms with Gasteiger partial charge in [-0.15, -0.1) is 0 Å². The number of likely N-dealkylation sites (N-methyl/N-ethyl adjacent to an activating group) is 1. The molecule has 0 unspecified atom stereocenters. The lowest BCUT2D eigenvalue weighted by Gasteiger charge is -2.30. The van der Waals surface area contributed by atoms with Crippen molar-refractivity contribution in [3.05, 3.63) is 41.7 Å². The summed E-state index contributed by atoms with van der Waals surface area (Å²) in [5, 5.41) is 5.61. The van der Waals surface area contributed by atoms with Crippen molar-refractivity contribution in [2.75, 3.05) is 99.7 Å². The third kappa shape index (κ3) is 14.2. The molecule has 226 valence electrons. The number of likely N-dealkylation sites (tertiary alicyclic amines) is 1. The molecule has 3 rings (SSSR count). The first-order chi connectivity index (χ1) is 19.0. The molecule has 1 fully saturated rings. The average molecular weight is 558 g/mol. The highest BCUT2D eigenvalue weighted by Crippen LogP contribution is 2.33. The fourth-order valence-corrected chi connectivity index (χ4v) is 4.52. The minimum Gasteiger partial charge on any atom is -0.493 e. The lowest BCUT2D eigenvalue weighted by molar-refractivity contribution is -0.116. The first kappa shape index (κ1) is 33.1. The lowest BCUT2D eigenvalue weighted by atomic mass is 9.89. The fraction of sp³-hybridized carbons (Fsp3) is 0.690. The van der Waals surface area contributed by atoms with Crippen molar-refractivity contribution < 1.29 is 35.7 Å². The molecule has 0 bridgehead atoms. The number of halogens is 1. The van der Waals surface area contributed by atoms with Gasteiger partial charge in [-0.25, -0.2) is 4.39 Å². The van der Waals surface area contributed by atoms with Crippen molar-refractivity contribution in [1.29, 1.82) is 0 Å². The molecule has 39 heavy (non-hydrogen) atoms. The number of amides is 1. The van der Waals surface area contributed by atoms with E-state index in [2.05, 4.69) is 29.2 Å². The summed E-state index contributed by atoms with van der Waals surface area (Å²) >= 11 is 0. The molecule has 0 saturated carbocycles. The number of fused-ring (bicyclic) bond motifs is 1. The van der Waals surface area contributed by atoms with Crippen LogP contribution in [0, 0.1) is 11.7 Å². The van der Waals surface area contributed by atoms with Gasteiger partial charge < -0.3 is 39.2 Å². The number of benzene rings is 1. The van der Waals surface area contributed by atoms with E-state index in [4.69, 9.17) is 23.7 Å². The molecule has 0 radical (unpaired) electrons. The van der Waals surface area contributed by atoms with E-state index >= 15 is 0 Å². The highest BCUT2D eigenvalue weighted by atomic mass is 19.1. The van der Waals surface area contributed by atoms with Crippen LogP contribution in [0.2, 0.25) is 0 Å². The summed E-state index contributed by atoms with van der Waals surface area (Å²) in [5.74, 6) is 1.25. The Balaban J connectivity index is 0.000000748. The van der Waals surface area contributed by atoms with E-state index < -0.39 is 0 Å². The standard InChI is InChI=1S/C15H20FNO.C14H28N2O5.2H2/c1-17-7-2-3-11(10-17)9-13-12-6-8-18-15(12)5-4-14(13)16;1-3-14(17)16-5-7-19-9-11-21-13-12-20-10-8-18-6-4-15-2;;/h4-5,11H,2-3,6-10H2,1H3;3,15H,1,4-13H2,2H3,(H,16,17);2*1H/t11-;;;/m0.../s1. The zero-order valence-corrected chi connectivity index (χ0v) is 23.8. The van der Waals surface area contributed by atoms with Gasteiger partial charge in [0.15, 0.2) is 0 Å². The van der Waals surface area contributed by atoms with E-state index in [1.54, 1.807) is 12.1 Å². The normalized spacial score (nSPS) is 16.6. The van der Waals surface area contributed by atoms with Crippen LogP contribution in [0.3, 0.4) is 0 Å². The molecular formula is C29H52FN3O6. The molecule has 2 aliphatic rings. The third-order valence-electron chi connectivity index (χ3n) is 6.50. The van der Waals surface area contributed by atoms with E-state index in [1.165, 1.54) is 25.5 Å². The Kier molecular flexibility index (Phi) is 17.6. The first-order valence-electron chi connectivity index (χ1n) is 14.0. The molecule has 1 aromatic carbocycles. The molecule has 1 atom stereocenters. The smallest absolute Gasteiger partial charge is 0.243 e. The van der Waals surface area contributed by atoms with Gasteiger partial charge >= 0.3 is 0 Å². The summed E-state index contributed by atoms with van der Waals surface area (Å²) in [6.45, 7) is 12.1. The van der Waals surface area contributed by atoms with Crippen molar-refractivity contribution in [1.82, 2.24) is 15.5 Å². The van der Waals surface area contributed by atoms with E-state index in [1.807, 2.05) is 7.05 Å². The zero-order chi connectivity index (χ0) is 28.1. The minimum atomic E-state index is -0.193. The highest BCUT2D eigenvalue weighted by Gasteiger charge is 2.24. The van der Waals surface area contributed by atoms with Crippen LogP contribution in [0.15, 0.2) is 24.8 Å². The number of nitrogens with zero attached hydrogens (tertiary/aromatic N) is 1. The zero-order valence-electron chi connectivity index (χ0n) is 23.8. The van der Waals surface area contributed by atoms with Gasteiger partial charge in [-0.1, -0.05) is 6.58 Å². The number of hydrogen-bond donors (Lipinski definition) is 2. The van der Waals surface area contributed by atoms with Crippen molar-refractivity contribution in [3.8, 4) is 5.75 Å². The van der Waals surface area contributed by atoms with Gasteiger partial charge in [0.2, 0.25) is 5.91 Å². The highest BCUT2D eigenvalue weighted by molar-refractivity contribution is 5.86. The van der Waals surface area contributed by atoms with E-state index in [9.17, 15) is 9.18 Å². The molecule has 0 spiro atoms. The summed E-state index contributed by atoms with van der Waals surface area (Å²) in [4.78, 5) is 13.2. The Bertz CT molecular complexity index is 840. The molecule has 1 saturated heterocycles. The summed E-state index contributed by atoms with van der Waals surface area (Å²) in [6, 6.07) is 3.33. The summed E-state index contributed by atoms with van der Waals surface area (Å²) < 4.78 is 40.8. The lowest BCUT2D eigenvalue weighted by Crippen LogP contribution is -2.33. The number of nitrogens with one attached hydrogen (secondary N) is 2. The fourth-order valence-electron chi connectivity index (χ4n) is 4.52. The minimum absolute atomic E-state index is 0. The number of piperidine rings is 1. The van der Waals surface area contributed by atoms with Gasteiger partial charge in [0, 0.05) is 34.5 Å². The molecule has 10 heteroatoms. The molecule has 0 aliphatic carbocycles. The molecule has 0 aromatic heterocycles. The first-order valence-corrected chi connectivity index (χ1v) is 14.0. The second-order valence-electron chi connectivity index (χ2n) is 9.62. The molecular weight excluding hydrogens is 505 g/mol. The maximum atomic E-state index is 14.0. The van der Waals surface area contributed by atoms with Gasteiger partial charge in [-0.05, 0) is 69.6 Å². The van der Waals surface area contributed by atoms with Crippen LogP contribution < -0.4 is 15.4 Å². The summed E-state index contributed by atoms with van der Waals surface area (Å²) in [7, 11) is 4.04. The van der Waals surface area contributed by atoms with Crippen molar-refractivity contribution >= 4 is 5.91 Å². The average Bonchev–Trinajstić information content (AvgIpc) is 3.42. The molecule has 2 aliphatic heterocycles. The molecule has 2 heterocycles. The Morgan fingerprint density at radius 2 is 1.74 bits per heavy atom. The summed E-state index contributed by atoms with van der Waals surface area (Å²) in [6.07, 6.45) is 5.41. The quantitative estimate of drug-likeness (QED) is 0.210. The van der Waals surface area contributed by atoms with Crippen molar-refractivity contribution in [2.24, 2.45) is 5.92 Å². The predicted molar refractivity (Wildman–Crippen MR) is 154 cm³/mol. The second kappa shape index (κ2) is 20.8. The van der Waals surface area contributed by atoms with Crippen LogP contribution in [0.25, 0.3) is 0 Å². The Labute approximate surface area is 236 Å². The van der Waals surface area contributed by atoms with E-state index in [-0.39, 0.29) is 14.6 Å². The van der Waals surface area contributed by atoms with Crippen molar-refractivity contribution in [2.45, 2.75) is 25.7 Å². The van der Waals surface area contributed by atoms with Gasteiger partial charge in [0.05, 0.1) is 59.5 Å². The maximum Gasteiger partial charge on any atom is 0.243 e. The predicted octanol–water partition coefficient (Wildman–Crippen LogP) is 2.71. The number of rotatable bonds is 18. The van der Waals surface area contributed by atoms with Gasteiger partial charge in [0.1, 0.15) is 11.6 Å². The van der Waals surface area contributed by atoms with E-state index in [0.717, 1.165) is 42.8 Å². The number of ether oxygens (including phenoxy) is 5. The second-order valence-corrected chi connectivity index (χ2v) is 9.62. The SMILES string of the molecule is C=CC(=O)NCCOCCOCCOCCOCCNC.CN1CCC[C@@H](Cc2c(F)ccc3c2CCO3)C1.[HH].[HH]. The molecule has 1 amide bonds. The Morgan fingerprint density at radius 3 is 2.36 bits per heavy atom. The third-order valence-corrected chi connectivity index (χ3v) is 6.50. The van der Waals surface area contributed by atoms with E-state index in [0.29, 0.717) is 71.9 Å². The topological polar surface area (TPSA) is 90.5 Å². The largest absolute Gasteiger partial charge is 0.493 e. The van der Waals surface area contributed by atoms with Gasteiger partial charge in [-0.2, -0.15) is 0 Å². The maximum absolute atomic E-state index is 14.0. The molecule has 2 N–H and O–H groups in total. The van der Waals surface area contributed by atoms with Crippen LogP contribution in [0.5, 0.6) is 5.75 Å². The van der Waals surface area contributed by atoms with Crippen LogP contribution >= 0.6 is 0 Å². The monoisotopic (exact) mass is 557 g/mol. The number of carbonyl (C=O) groups excluding carboxylic acids is 1. The van der Waals surface area contributed by atoms with Gasteiger partial charge in [0.25, 0.3) is 0 Å². The van der Waals surface area contributed by atoms with Crippen LogP contribution in [-0.2, 0) is 36.6 Å². The number of carbonyl (C=O) groups is 1. The van der Waals surface area contributed by atoms with Crippen LogP contribution in [-0.4, -0.2) is 111 Å². The summed E-state index contributed by atoms with van der Waals surface area (Å²) in [5.41, 5.74) is 2.02. The Morgan fingerprint density at radius 1 is 1.10 bits per heavy atom. The van der Waals surface area contributed by atoms with Crippen LogP contribution in [0.4, 0.5) is 4.39 Å². The number of hydrogen-bond acceptors (Lipinski definition) is 8. The van der Waals surface area contributed by atoms with Gasteiger partial charge in [-0.3, -0.25) is 4.79 Å². The van der Waals surface area contributed by atoms with Crippen LogP contribution in [0.1, 0.15) is 26.8 Å². The molecule has 1 aromatic rings. The Hall–Kier alpha value is -2.08. The van der Waals surface area contributed by atoms with Crippen molar-refractivity contribution in [3.63, 3.8) is 0 Å².